The van der Waals surface area contributed by atoms with Crippen molar-refractivity contribution in [2.75, 3.05) is 158 Å². The highest BCUT2D eigenvalue weighted by Crippen LogP contribution is 2.39. The molecule has 4 aromatic carbocycles. The Labute approximate surface area is 731 Å². The van der Waals surface area contributed by atoms with E-state index in [1.165, 1.54) is 74.2 Å². The lowest BCUT2D eigenvalue weighted by atomic mass is 9.94. The highest BCUT2D eigenvalue weighted by Gasteiger charge is 2.55. The molecule has 0 aliphatic carbocycles. The van der Waals surface area contributed by atoms with E-state index < -0.39 is 127 Å². The van der Waals surface area contributed by atoms with Gasteiger partial charge in [0, 0.05) is 124 Å². The topological polar surface area (TPSA) is 593 Å². The lowest BCUT2D eigenvalue weighted by molar-refractivity contribution is -0.192. The summed E-state index contributed by atoms with van der Waals surface area (Å²) >= 11 is 0. The van der Waals surface area contributed by atoms with Crippen LogP contribution in [0.25, 0.3) is 0 Å². The van der Waals surface area contributed by atoms with E-state index in [0.29, 0.717) is 107 Å². The Balaban J connectivity index is 0.000000437. The minimum absolute atomic E-state index is 0.0349. The summed E-state index contributed by atoms with van der Waals surface area (Å²) in [6.45, 7) is 5.18. The summed E-state index contributed by atoms with van der Waals surface area (Å²) < 4.78 is 63.1. The van der Waals surface area contributed by atoms with Crippen molar-refractivity contribution in [1.29, 1.82) is 0 Å². The van der Waals surface area contributed by atoms with Crippen LogP contribution in [-0.2, 0) is 86.8 Å². The van der Waals surface area contributed by atoms with Gasteiger partial charge in [-0.1, -0.05) is 69.0 Å². The van der Waals surface area contributed by atoms with Gasteiger partial charge >= 0.3 is 42.0 Å². The largest absolute Gasteiger partial charge is 0.480 e. The Bertz CT molecular complexity index is 4390. The van der Waals surface area contributed by atoms with Crippen LogP contribution >= 0.6 is 0 Å². The number of nitrogens with one attached hydrogen (secondary N) is 2. The maximum Gasteiger partial charge on any atom is 0.373 e. The molecule has 0 spiro atoms. The number of hydrogen-bond acceptors (Lipinski definition) is 31. The molecule has 4 amide bonds. The number of carbonyl (C=O) groups excluding carboxylic acids is 8. The normalized spacial score (nSPS) is 16.3. The van der Waals surface area contributed by atoms with Gasteiger partial charge in [-0.05, 0) is 144 Å². The number of ketones is 2. The van der Waals surface area contributed by atoms with Crippen LogP contribution in [-0.4, -0.2) is 364 Å². The number of rotatable bonds is 48. The number of carboxylic acid groups (broad SMARTS) is 6. The fourth-order valence-corrected chi connectivity index (χ4v) is 18.9. The minimum atomic E-state index is -4.40. The number of nitrogens with two attached hydrogens (primary N) is 2. The summed E-state index contributed by atoms with van der Waals surface area (Å²) in [4.78, 5) is 179. The number of carboxylic acids is 6. The number of Topliss-reactive ketones (excluding diaryl/α,β-unsaturated/α-hetero) is 2. The second-order valence-electron chi connectivity index (χ2n) is 31.0. The summed E-state index contributed by atoms with van der Waals surface area (Å²) in [5.41, 5.74) is 15.5. The molecule has 41 nitrogen and oxygen atoms in total. The molecule has 3 atom stereocenters. The molecule has 43 heteroatoms. The SMILES string of the molecule is CCN1CCN(C)CCN(CC(=O)CCCCC[C@H](N)C(=O)N2CCC(C(=O)NO)(S(=O)(=O)c3ccc(Oc4ccccc4)cc3)CC2)CCN(CC(=O)O)CC1.N[C@@H](CCCCCC(=O)CC[C@@H](C(=O)O)N(CCN(CC(=O)O)CC(=O)O)CCN(CC(=O)O)CC(=O)O)C(=O)N1CCC(C(=O)NO)(S(=O)(=O)c2ccc(Oc3ccccc3)cc2)CC1.O=C=O. The molecule has 0 saturated carbocycles. The lowest BCUT2D eigenvalue weighted by Gasteiger charge is -2.40. The molecule has 3 aliphatic rings. The molecule has 0 aromatic heterocycles. The number of amides is 4. The number of ether oxygens (including phenoxy) is 2. The number of unbranched alkanes of at least 4 members (excludes halogenated alkanes) is 4. The van der Waals surface area contributed by atoms with Crippen molar-refractivity contribution in [2.45, 2.75) is 147 Å². The number of carbonyl (C=O) groups is 12. The standard InChI is InChI=1S/C42H58N6O17S.C40H61N7O9S.CO2/c43-33(39(58)48-19-17-42(18-20-48,41(61)44-62)66(63,64)32-14-12-31(13-15-32)65-30-8-4-2-5-9-30)10-6-1-3-7-29(49)11-16-34(40(59)60)47(23-21-45(25-35(50)51)26-36(52)53)24-22-46(27-37(54)55)28-38(56)57;1-3-44-24-22-43(2)23-25-45(28-29-46(27-26-44)31-37(49)50)30-32(48)10-6-4-9-13-36(41)38(51)47-20-18-40(19-21-47,39(52)42-53)57(54,55)35-16-14-34(15-17-35)56-33-11-7-5-8-12-33;2-1-3/h2,4-5,8-9,12-15,33-34,62H,1,3,6-7,10-11,16-28,43H2,(H,44,61)(H,50,51)(H,52,53)(H,54,55)(H,56,57)(H,59,60);5,7-8,11-12,14-17,36,53H,3-4,6,9-10,13,18-31,41H2,1-2H3,(H,42,52)(H,49,50);/t33-,34-;36-;/m00./s1. The van der Waals surface area contributed by atoms with Crippen LogP contribution in [0.15, 0.2) is 119 Å². The van der Waals surface area contributed by atoms with E-state index in [0.717, 1.165) is 42.5 Å². The number of sulfone groups is 2. The average molecular weight is 1810 g/mol. The monoisotopic (exact) mass is 1810 g/mol. The Kier molecular flexibility index (Phi) is 45.2. The fourth-order valence-electron chi connectivity index (χ4n) is 15.0. The molecule has 0 bridgehead atoms. The molecule has 3 heterocycles. The Morgan fingerprint density at radius 1 is 0.437 bits per heavy atom. The van der Waals surface area contributed by atoms with Crippen LogP contribution in [0, 0.1) is 0 Å². The molecule has 14 N–H and O–H groups in total. The van der Waals surface area contributed by atoms with Gasteiger partial charge < -0.3 is 71.2 Å². The fraction of sp³-hybridized carbons (Fsp3) is 0.554. The molecule has 7 rings (SSSR count). The lowest BCUT2D eigenvalue weighted by Crippen LogP contribution is -2.59. The zero-order valence-corrected chi connectivity index (χ0v) is 72.6. The van der Waals surface area contributed by atoms with Crippen LogP contribution < -0.4 is 31.9 Å². The van der Waals surface area contributed by atoms with Crippen LogP contribution in [0.4, 0.5) is 0 Å². The summed E-state index contributed by atoms with van der Waals surface area (Å²) in [7, 11) is -6.63. The van der Waals surface area contributed by atoms with Crippen LogP contribution in [0.5, 0.6) is 23.0 Å². The van der Waals surface area contributed by atoms with Crippen LogP contribution in [0.1, 0.15) is 110 Å². The number of likely N-dealkylation sites (tertiary alicyclic amines) is 2. The number of para-hydroxylation sites is 2. The van der Waals surface area contributed by atoms with E-state index in [-0.39, 0.29) is 144 Å². The van der Waals surface area contributed by atoms with Crippen LogP contribution in [0.2, 0.25) is 0 Å². The van der Waals surface area contributed by atoms with Crippen molar-refractivity contribution in [3.05, 3.63) is 109 Å². The smallest absolute Gasteiger partial charge is 0.373 e. The van der Waals surface area contributed by atoms with Gasteiger partial charge in [-0.3, -0.25) is 92.4 Å². The Morgan fingerprint density at radius 2 is 0.778 bits per heavy atom. The van der Waals surface area contributed by atoms with E-state index in [9.17, 15) is 115 Å². The molecule has 0 unspecified atom stereocenters. The van der Waals surface area contributed by atoms with E-state index in [4.69, 9.17) is 30.5 Å². The average Bonchev–Trinajstić information content (AvgIpc) is 0.746. The first-order chi connectivity index (χ1) is 59.9. The van der Waals surface area contributed by atoms with E-state index >= 15 is 0 Å². The first-order valence-corrected chi connectivity index (χ1v) is 44.4. The summed E-state index contributed by atoms with van der Waals surface area (Å²) in [5.74, 6) is -8.92. The van der Waals surface area contributed by atoms with Crippen molar-refractivity contribution in [3.63, 3.8) is 0 Å². The Morgan fingerprint density at radius 3 is 1.13 bits per heavy atom. The van der Waals surface area contributed by atoms with Gasteiger partial charge in [-0.15, -0.1) is 0 Å². The van der Waals surface area contributed by atoms with E-state index in [2.05, 4.69) is 28.7 Å². The maximum absolute atomic E-state index is 13.9. The molecular weight excluding hydrogens is 1690 g/mol. The van der Waals surface area contributed by atoms with Gasteiger partial charge in [0.25, 0.3) is 11.8 Å². The van der Waals surface area contributed by atoms with Gasteiger partial charge in [0.1, 0.15) is 40.6 Å². The predicted molar refractivity (Wildman–Crippen MR) is 450 cm³/mol. The van der Waals surface area contributed by atoms with Crippen molar-refractivity contribution in [3.8, 4) is 23.0 Å². The zero-order chi connectivity index (χ0) is 93.2. The number of piperidine rings is 2. The number of nitrogens with zero attached hydrogens (tertiary/aromatic N) is 9. The first kappa shape index (κ1) is 106. The predicted octanol–water partition coefficient (Wildman–Crippen LogP) is 1.78. The number of likely N-dealkylation sites (N-methyl/N-ethyl adjacent to an activating group) is 2. The number of hydrogen-bond donors (Lipinski definition) is 12. The van der Waals surface area contributed by atoms with Crippen LogP contribution in [0.3, 0.4) is 0 Å². The number of benzene rings is 4. The highest BCUT2D eigenvalue weighted by molar-refractivity contribution is 7.94. The van der Waals surface area contributed by atoms with Gasteiger partial charge in [-0.2, -0.15) is 9.59 Å². The Hall–Kier alpha value is -10.6. The van der Waals surface area contributed by atoms with Gasteiger partial charge in [-0.25, -0.2) is 27.8 Å². The molecule has 3 saturated heterocycles. The van der Waals surface area contributed by atoms with E-state index in [1.807, 2.05) is 29.2 Å². The zero-order valence-electron chi connectivity index (χ0n) is 70.9. The van der Waals surface area contributed by atoms with Crippen molar-refractivity contribution >= 4 is 96.8 Å². The van der Waals surface area contributed by atoms with Gasteiger partial charge in [0.05, 0.1) is 61.1 Å². The summed E-state index contributed by atoms with van der Waals surface area (Å²) in [5, 5.41) is 75.6. The number of aliphatic carboxylic acids is 6. The minimum Gasteiger partial charge on any atom is -0.480 e. The third kappa shape index (κ3) is 34.3. The second-order valence-corrected chi connectivity index (χ2v) is 35.5. The first-order valence-electron chi connectivity index (χ1n) is 41.4. The third-order valence-electron chi connectivity index (χ3n) is 22.2. The van der Waals surface area contributed by atoms with Crippen molar-refractivity contribution in [2.24, 2.45) is 11.5 Å². The highest BCUT2D eigenvalue weighted by atomic mass is 32.2. The maximum atomic E-state index is 13.9. The molecule has 126 heavy (non-hydrogen) atoms. The number of hydroxylamine groups is 2. The molecule has 3 aliphatic heterocycles. The molecule has 3 fully saturated rings. The second kappa shape index (κ2) is 53.7. The molecule has 4 aromatic rings. The van der Waals surface area contributed by atoms with Crippen molar-refractivity contribution < 1.29 is 134 Å². The van der Waals surface area contributed by atoms with Gasteiger partial charge in [0.2, 0.25) is 11.8 Å². The quantitative estimate of drug-likeness (QED) is 0.0170. The molecule has 696 valence electrons. The third-order valence-corrected chi connectivity index (χ3v) is 27.2. The summed E-state index contributed by atoms with van der Waals surface area (Å²) in [6.07, 6.45) is 2.93. The van der Waals surface area contributed by atoms with Gasteiger partial charge in [0.15, 0.2) is 29.2 Å². The van der Waals surface area contributed by atoms with Crippen molar-refractivity contribution in [1.82, 2.24) is 55.1 Å². The van der Waals surface area contributed by atoms with E-state index in [1.54, 1.807) is 36.4 Å². The molecular formula is C83H119N13O28S2. The molecule has 0 radical (unpaired) electrons. The summed E-state index contributed by atoms with van der Waals surface area (Å²) in [6, 6.07) is 25.8.